The van der Waals surface area contributed by atoms with Crippen molar-refractivity contribution >= 4 is 5.97 Å². The van der Waals surface area contributed by atoms with Gasteiger partial charge in [0.2, 0.25) is 0 Å². The Labute approximate surface area is 148 Å². The second-order valence-corrected chi connectivity index (χ2v) is 4.51. The summed E-state index contributed by atoms with van der Waals surface area (Å²) < 4.78 is 18.8. The number of aryl methyl sites for hydroxylation is 3. The van der Waals surface area contributed by atoms with Crippen LogP contribution < -0.4 is 0 Å². The molecule has 0 spiro atoms. The molecule has 2 aromatic rings. The number of hydrogen-bond donors (Lipinski definition) is 0. The molecule has 6 heteroatoms. The van der Waals surface area contributed by atoms with Gasteiger partial charge in [-0.3, -0.25) is 4.39 Å². The van der Waals surface area contributed by atoms with Crippen LogP contribution >= 0.6 is 0 Å². The number of halogens is 1. The Morgan fingerprint density at radius 1 is 1.24 bits per heavy atom. The maximum absolute atomic E-state index is 14.2. The fraction of sp³-hybridized carbons (Fsp3) is 0.267. The van der Waals surface area contributed by atoms with Crippen molar-refractivity contribution in [2.24, 2.45) is 0 Å². The van der Waals surface area contributed by atoms with E-state index in [2.05, 4.69) is 20.8 Å². The van der Waals surface area contributed by atoms with Gasteiger partial charge in [-0.2, -0.15) is 17.7 Å². The van der Waals surface area contributed by atoms with Crippen LogP contribution in [0.5, 0.6) is 0 Å². The number of carbonyl (C=O) groups is 1. The molecular weight excluding hydrogens is 348 g/mol. The zero-order valence-corrected chi connectivity index (χ0v) is 15.2. The van der Waals surface area contributed by atoms with Crippen molar-refractivity contribution in [3.63, 3.8) is 0 Å². The molecule has 0 bridgehead atoms. The number of carbonyl (C=O) groups excluding carboxylic acids is 1. The summed E-state index contributed by atoms with van der Waals surface area (Å²) in [5.74, 6) is -0.840. The van der Waals surface area contributed by atoms with Gasteiger partial charge in [0.1, 0.15) is 5.82 Å². The summed E-state index contributed by atoms with van der Waals surface area (Å²) in [5.41, 5.74) is 2.11. The second kappa shape index (κ2) is 7.18. The van der Waals surface area contributed by atoms with Crippen LogP contribution in [0, 0.1) is 32.7 Å². The number of ether oxygens (including phenoxy) is 1. The van der Waals surface area contributed by atoms with Crippen molar-refractivity contribution in [3.05, 3.63) is 46.5 Å². The molecule has 2 rings (SSSR count). The molecule has 0 saturated heterocycles. The molecular formula is C15H14FN2O2Y-. The molecule has 0 saturated carbocycles. The zero-order valence-electron chi connectivity index (χ0n) is 12.3. The van der Waals surface area contributed by atoms with Crippen LogP contribution in [-0.2, 0) is 37.4 Å². The molecule has 0 N–H and O–H groups in total. The van der Waals surface area contributed by atoms with E-state index in [1.54, 1.807) is 19.9 Å². The van der Waals surface area contributed by atoms with E-state index in [1.807, 2.05) is 6.92 Å². The molecule has 1 aromatic carbocycles. The van der Waals surface area contributed by atoms with E-state index in [9.17, 15) is 9.18 Å². The van der Waals surface area contributed by atoms with Gasteiger partial charge in [-0.05, 0) is 13.0 Å². The number of rotatable bonds is 2. The second-order valence-electron chi connectivity index (χ2n) is 4.51. The van der Waals surface area contributed by atoms with E-state index in [0.29, 0.717) is 11.3 Å². The van der Waals surface area contributed by atoms with Gasteiger partial charge >= 0.3 is 5.97 Å². The summed E-state index contributed by atoms with van der Waals surface area (Å²) in [6.45, 7) is 5.15. The number of nitrogens with zero attached hydrogens (tertiary/aromatic N) is 2. The minimum Gasteiger partial charge on any atom is -0.464 e. The van der Waals surface area contributed by atoms with E-state index >= 15 is 0 Å². The van der Waals surface area contributed by atoms with Crippen molar-refractivity contribution in [1.29, 1.82) is 0 Å². The quantitative estimate of drug-likeness (QED) is 0.609. The Bertz CT molecular complexity index is 690. The van der Waals surface area contributed by atoms with E-state index in [4.69, 9.17) is 0 Å². The van der Waals surface area contributed by atoms with E-state index in [-0.39, 0.29) is 49.8 Å². The third kappa shape index (κ3) is 3.92. The number of benzene rings is 1. The molecule has 0 fully saturated rings. The number of aromatic nitrogens is 2. The summed E-state index contributed by atoms with van der Waals surface area (Å²) in [6, 6.07) is 6.00. The average Bonchev–Trinajstić information content (AvgIpc) is 2.41. The third-order valence-corrected chi connectivity index (χ3v) is 2.80. The molecule has 0 unspecified atom stereocenters. The molecule has 21 heavy (non-hydrogen) atoms. The fourth-order valence-corrected chi connectivity index (χ4v) is 1.93. The number of hydrogen-bond acceptors (Lipinski definition) is 4. The summed E-state index contributed by atoms with van der Waals surface area (Å²) >= 11 is 0. The Morgan fingerprint density at radius 2 is 1.90 bits per heavy atom. The SMILES string of the molecule is COC(=O)c1cc(C)nc(-c2cc(C)[c-]c(C)c2F)n1.[Y]. The summed E-state index contributed by atoms with van der Waals surface area (Å²) in [7, 11) is 1.27. The van der Waals surface area contributed by atoms with Gasteiger partial charge in [0, 0.05) is 44.2 Å². The van der Waals surface area contributed by atoms with Gasteiger partial charge in [0.05, 0.1) is 7.11 Å². The van der Waals surface area contributed by atoms with Crippen molar-refractivity contribution in [2.75, 3.05) is 7.11 Å². The molecule has 1 heterocycles. The molecule has 107 valence electrons. The minimum absolute atomic E-state index is 0. The molecule has 0 aliphatic heterocycles. The first-order chi connectivity index (χ1) is 9.42. The topological polar surface area (TPSA) is 52.1 Å². The summed E-state index contributed by atoms with van der Waals surface area (Å²) in [5, 5.41) is 0. The van der Waals surface area contributed by atoms with Crippen LogP contribution in [0.3, 0.4) is 0 Å². The first kappa shape index (κ1) is 17.9. The molecule has 0 aliphatic carbocycles. The first-order valence-electron chi connectivity index (χ1n) is 6.05. The Morgan fingerprint density at radius 3 is 2.52 bits per heavy atom. The Hall–Kier alpha value is -1.20. The monoisotopic (exact) mass is 362 g/mol. The Kier molecular flexibility index (Phi) is 6.11. The normalized spacial score (nSPS) is 9.95. The van der Waals surface area contributed by atoms with Crippen molar-refractivity contribution in [1.82, 2.24) is 9.97 Å². The largest absolute Gasteiger partial charge is 0.464 e. The van der Waals surface area contributed by atoms with Crippen LogP contribution in [0.15, 0.2) is 12.1 Å². The van der Waals surface area contributed by atoms with Crippen LogP contribution in [0.4, 0.5) is 4.39 Å². The average molecular weight is 362 g/mol. The molecule has 0 aliphatic rings. The van der Waals surface area contributed by atoms with Crippen LogP contribution in [0.2, 0.25) is 0 Å². The molecule has 0 atom stereocenters. The van der Waals surface area contributed by atoms with Crippen molar-refractivity contribution in [2.45, 2.75) is 20.8 Å². The van der Waals surface area contributed by atoms with Gasteiger partial charge in [0.25, 0.3) is 0 Å². The van der Waals surface area contributed by atoms with Gasteiger partial charge in [0.15, 0.2) is 5.69 Å². The standard InChI is InChI=1S/C15H14FN2O2.Y/c1-8-5-9(2)13(16)11(6-8)14-17-10(3)7-12(18-14)15(19)20-4;/h6-7H,1-4H3;/q-1;. The molecule has 1 aromatic heterocycles. The van der Waals surface area contributed by atoms with Crippen LogP contribution in [0.1, 0.15) is 27.3 Å². The predicted octanol–water partition coefficient (Wildman–Crippen LogP) is 2.79. The minimum atomic E-state index is -0.576. The van der Waals surface area contributed by atoms with Crippen LogP contribution in [0.25, 0.3) is 11.4 Å². The Balaban J connectivity index is 0.00000220. The molecule has 1 radical (unpaired) electrons. The smallest absolute Gasteiger partial charge is 0.356 e. The van der Waals surface area contributed by atoms with Gasteiger partial charge in [-0.25, -0.2) is 14.8 Å². The van der Waals surface area contributed by atoms with E-state index in [1.165, 1.54) is 13.2 Å². The van der Waals surface area contributed by atoms with Crippen molar-refractivity contribution in [3.8, 4) is 11.4 Å². The number of methoxy groups -OCH3 is 1. The summed E-state index contributed by atoms with van der Waals surface area (Å²) in [6.07, 6.45) is 0. The maximum atomic E-state index is 14.2. The van der Waals surface area contributed by atoms with Gasteiger partial charge in [-0.15, -0.1) is 5.56 Å². The van der Waals surface area contributed by atoms with E-state index in [0.717, 1.165) is 5.56 Å². The van der Waals surface area contributed by atoms with Gasteiger partial charge in [-0.1, -0.05) is 19.4 Å². The van der Waals surface area contributed by atoms with Crippen molar-refractivity contribution < 1.29 is 46.6 Å². The van der Waals surface area contributed by atoms with Gasteiger partial charge < -0.3 is 4.74 Å². The maximum Gasteiger partial charge on any atom is 0.356 e. The van der Waals surface area contributed by atoms with E-state index < -0.39 is 11.8 Å². The molecule has 0 amide bonds. The number of esters is 1. The summed E-state index contributed by atoms with van der Waals surface area (Å²) in [4.78, 5) is 19.8. The first-order valence-corrected chi connectivity index (χ1v) is 6.05. The molecule has 4 nitrogen and oxygen atoms in total. The third-order valence-electron chi connectivity index (χ3n) is 2.80. The van der Waals surface area contributed by atoms with Crippen LogP contribution in [-0.4, -0.2) is 23.0 Å². The zero-order chi connectivity index (χ0) is 14.9. The fourth-order valence-electron chi connectivity index (χ4n) is 1.93. The predicted molar refractivity (Wildman–Crippen MR) is 71.8 cm³/mol.